The van der Waals surface area contributed by atoms with Crippen molar-refractivity contribution in [3.63, 3.8) is 0 Å². The number of carboxylic acids is 2. The second kappa shape index (κ2) is 7.65. The first-order valence-electron chi connectivity index (χ1n) is 5.72. The largest absolute Gasteiger partial charge is 0.481 e. The van der Waals surface area contributed by atoms with Gasteiger partial charge in [-0.25, -0.2) is 0 Å². The number of carbonyl (C=O) groups is 3. The van der Waals surface area contributed by atoms with Crippen LogP contribution in [0.25, 0.3) is 0 Å². The van der Waals surface area contributed by atoms with Crippen LogP contribution in [0.2, 0.25) is 0 Å². The highest BCUT2D eigenvalue weighted by Gasteiger charge is 2.23. The third kappa shape index (κ3) is 7.61. The molecule has 0 aliphatic heterocycles. The second-order valence-electron chi connectivity index (χ2n) is 4.48. The number of amides is 1. The molecule has 0 radical (unpaired) electrons. The molecule has 1 amide bonds. The molecule has 0 aliphatic carbocycles. The average Bonchev–Trinajstić information content (AvgIpc) is 2.13. The van der Waals surface area contributed by atoms with Crippen LogP contribution in [0.3, 0.4) is 0 Å². The molecule has 0 saturated carbocycles. The molecule has 18 heavy (non-hydrogen) atoms. The molecule has 0 bridgehead atoms. The van der Waals surface area contributed by atoms with Crippen LogP contribution in [0.4, 0.5) is 0 Å². The van der Waals surface area contributed by atoms with Gasteiger partial charge < -0.3 is 20.8 Å². The topological polar surface area (TPSA) is 116 Å². The molecule has 7 heteroatoms. The van der Waals surface area contributed by atoms with Crippen molar-refractivity contribution in [2.24, 2.45) is 0 Å². The van der Waals surface area contributed by atoms with Crippen molar-refractivity contribution >= 4 is 17.8 Å². The van der Waals surface area contributed by atoms with E-state index in [0.717, 1.165) is 0 Å². The lowest BCUT2D eigenvalue weighted by atomic mass is 10.1. The molecule has 0 aliphatic rings. The fourth-order valence-corrected chi connectivity index (χ4v) is 1.46. The van der Waals surface area contributed by atoms with E-state index in [9.17, 15) is 14.4 Å². The van der Waals surface area contributed by atoms with Gasteiger partial charge in [-0.2, -0.15) is 0 Å². The van der Waals surface area contributed by atoms with E-state index in [1.807, 2.05) is 0 Å². The van der Waals surface area contributed by atoms with Gasteiger partial charge in [-0.05, 0) is 6.92 Å². The van der Waals surface area contributed by atoms with E-state index in [1.165, 1.54) is 0 Å². The Balaban J connectivity index is 4.45. The highest BCUT2D eigenvalue weighted by Crippen LogP contribution is 1.98. The van der Waals surface area contributed by atoms with E-state index >= 15 is 0 Å². The van der Waals surface area contributed by atoms with E-state index in [2.05, 4.69) is 10.6 Å². The molecule has 104 valence electrons. The van der Waals surface area contributed by atoms with Gasteiger partial charge >= 0.3 is 11.9 Å². The number of aliphatic carboxylic acids is 2. The van der Waals surface area contributed by atoms with Crippen LogP contribution in [0.5, 0.6) is 0 Å². The predicted molar refractivity (Wildman–Crippen MR) is 64.2 cm³/mol. The Kier molecular flexibility index (Phi) is 6.96. The molecular formula is C11H20N2O5. The van der Waals surface area contributed by atoms with Gasteiger partial charge in [0.15, 0.2) is 0 Å². The minimum atomic E-state index is -1.09. The Bertz CT molecular complexity index is 317. The maximum Gasteiger partial charge on any atom is 0.305 e. The number of carboxylic acid groups (broad SMARTS) is 2. The molecule has 0 fully saturated rings. The summed E-state index contributed by atoms with van der Waals surface area (Å²) in [5.41, 5.74) is 0. The molecule has 7 nitrogen and oxygen atoms in total. The zero-order chi connectivity index (χ0) is 14.3. The van der Waals surface area contributed by atoms with Crippen LogP contribution in [-0.2, 0) is 14.4 Å². The maximum atomic E-state index is 11.8. The Hall–Kier alpha value is -1.63. The molecule has 0 aromatic rings. The summed E-state index contributed by atoms with van der Waals surface area (Å²) in [6.45, 7) is 5.14. The number of hydrogen-bond donors (Lipinski definition) is 4. The van der Waals surface area contributed by atoms with Crippen LogP contribution in [0, 0.1) is 0 Å². The van der Waals surface area contributed by atoms with Gasteiger partial charge in [0.2, 0.25) is 5.91 Å². The third-order valence-corrected chi connectivity index (χ3v) is 2.10. The first-order valence-corrected chi connectivity index (χ1v) is 5.72. The Morgan fingerprint density at radius 2 is 1.50 bits per heavy atom. The van der Waals surface area contributed by atoms with Crippen molar-refractivity contribution < 1.29 is 24.6 Å². The normalized spacial score (nSPS) is 14.0. The van der Waals surface area contributed by atoms with E-state index in [1.54, 1.807) is 20.8 Å². The molecule has 0 heterocycles. The molecule has 4 N–H and O–H groups in total. The van der Waals surface area contributed by atoms with Crippen molar-refractivity contribution in [1.29, 1.82) is 0 Å². The number of carbonyl (C=O) groups excluding carboxylic acids is 1. The molecule has 0 aromatic carbocycles. The zero-order valence-corrected chi connectivity index (χ0v) is 10.8. The summed E-state index contributed by atoms with van der Waals surface area (Å²) in [5, 5.41) is 22.6. The van der Waals surface area contributed by atoms with Gasteiger partial charge in [-0.1, -0.05) is 13.8 Å². The maximum absolute atomic E-state index is 11.8. The fraction of sp³-hybridized carbons (Fsp3) is 0.727. The second-order valence-corrected chi connectivity index (χ2v) is 4.48. The zero-order valence-electron chi connectivity index (χ0n) is 10.8. The summed E-state index contributed by atoms with van der Waals surface area (Å²) in [6, 6.07) is -1.45. The van der Waals surface area contributed by atoms with Gasteiger partial charge in [-0.15, -0.1) is 0 Å². The fourth-order valence-electron chi connectivity index (χ4n) is 1.46. The Morgan fingerprint density at radius 1 is 1.00 bits per heavy atom. The number of nitrogens with one attached hydrogen (secondary N) is 2. The van der Waals surface area contributed by atoms with Gasteiger partial charge in [0, 0.05) is 12.1 Å². The number of rotatable bonds is 8. The smallest absolute Gasteiger partial charge is 0.305 e. The SMILES string of the molecule is CC(C)NC(CC(=O)O)C(=O)NC(C)CC(=O)O. The van der Waals surface area contributed by atoms with Crippen LogP contribution in [0.15, 0.2) is 0 Å². The molecule has 0 aromatic heterocycles. The van der Waals surface area contributed by atoms with Gasteiger partial charge in [0.25, 0.3) is 0 Å². The minimum absolute atomic E-state index is 0.0464. The number of hydrogen-bond acceptors (Lipinski definition) is 4. The molecule has 0 rings (SSSR count). The van der Waals surface area contributed by atoms with E-state index in [0.29, 0.717) is 0 Å². The monoisotopic (exact) mass is 260 g/mol. The first kappa shape index (κ1) is 16.4. The quantitative estimate of drug-likeness (QED) is 0.480. The standard InChI is InChI=1S/C11H20N2O5/c1-6(2)12-8(5-10(16)17)11(18)13-7(3)4-9(14)15/h6-8,12H,4-5H2,1-3H3,(H,13,18)(H,14,15)(H,16,17). The Morgan fingerprint density at radius 3 is 1.89 bits per heavy atom. The van der Waals surface area contributed by atoms with E-state index < -0.39 is 29.9 Å². The molecule has 2 atom stereocenters. The van der Waals surface area contributed by atoms with Crippen LogP contribution in [-0.4, -0.2) is 46.2 Å². The van der Waals surface area contributed by atoms with Crippen LogP contribution >= 0.6 is 0 Å². The summed E-state index contributed by atoms with van der Waals surface area (Å²) in [4.78, 5) is 32.9. The summed E-state index contributed by atoms with van der Waals surface area (Å²) in [5.74, 6) is -2.61. The van der Waals surface area contributed by atoms with Crippen LogP contribution in [0.1, 0.15) is 33.6 Å². The van der Waals surface area contributed by atoms with Crippen molar-refractivity contribution in [2.45, 2.75) is 51.7 Å². The summed E-state index contributed by atoms with van der Waals surface area (Å²) >= 11 is 0. The lowest BCUT2D eigenvalue weighted by Crippen LogP contribution is -2.50. The van der Waals surface area contributed by atoms with Crippen LogP contribution < -0.4 is 10.6 Å². The van der Waals surface area contributed by atoms with Crippen molar-refractivity contribution in [2.75, 3.05) is 0 Å². The highest BCUT2D eigenvalue weighted by atomic mass is 16.4. The minimum Gasteiger partial charge on any atom is -0.481 e. The van der Waals surface area contributed by atoms with E-state index in [-0.39, 0.29) is 18.9 Å². The van der Waals surface area contributed by atoms with Crippen molar-refractivity contribution in [1.82, 2.24) is 10.6 Å². The average molecular weight is 260 g/mol. The lowest BCUT2D eigenvalue weighted by Gasteiger charge is -2.21. The lowest BCUT2D eigenvalue weighted by molar-refractivity contribution is -0.141. The summed E-state index contributed by atoms with van der Waals surface area (Å²) in [7, 11) is 0. The van der Waals surface area contributed by atoms with Gasteiger partial charge in [-0.3, -0.25) is 14.4 Å². The molecule has 0 saturated heterocycles. The predicted octanol–water partition coefficient (Wildman–Crippen LogP) is -0.193. The summed E-state index contributed by atoms with van der Waals surface area (Å²) in [6.07, 6.45) is -0.545. The summed E-state index contributed by atoms with van der Waals surface area (Å²) < 4.78 is 0. The molecule has 2 unspecified atom stereocenters. The Labute approximate surface area is 106 Å². The van der Waals surface area contributed by atoms with Gasteiger partial charge in [0.05, 0.1) is 18.9 Å². The first-order chi connectivity index (χ1) is 8.22. The van der Waals surface area contributed by atoms with Crippen molar-refractivity contribution in [3.8, 4) is 0 Å². The van der Waals surface area contributed by atoms with Gasteiger partial charge in [0.1, 0.15) is 0 Å². The van der Waals surface area contributed by atoms with E-state index in [4.69, 9.17) is 10.2 Å². The van der Waals surface area contributed by atoms with Crippen molar-refractivity contribution in [3.05, 3.63) is 0 Å². The highest BCUT2D eigenvalue weighted by molar-refractivity contribution is 5.86. The third-order valence-electron chi connectivity index (χ3n) is 2.10. The molecule has 0 spiro atoms. The molecular weight excluding hydrogens is 240 g/mol.